The van der Waals surface area contributed by atoms with Gasteiger partial charge in [0.1, 0.15) is 17.7 Å². The van der Waals surface area contributed by atoms with Crippen molar-refractivity contribution in [3.8, 4) is 0 Å². The average molecular weight is 435 g/mol. The fraction of sp³-hybridized carbons (Fsp3) is 0.364. The molecule has 1 fully saturated rings. The number of halogens is 4. The van der Waals surface area contributed by atoms with Crippen molar-refractivity contribution in [2.24, 2.45) is 5.92 Å². The van der Waals surface area contributed by atoms with Gasteiger partial charge < -0.3 is 15.5 Å². The van der Waals surface area contributed by atoms with Crippen LogP contribution in [-0.4, -0.2) is 22.9 Å². The molecule has 2 N–H and O–H groups in total. The summed E-state index contributed by atoms with van der Waals surface area (Å²) in [4.78, 5) is 26.9. The normalized spacial score (nSPS) is 17.6. The fourth-order valence-corrected chi connectivity index (χ4v) is 3.83. The van der Waals surface area contributed by atoms with Gasteiger partial charge in [0.05, 0.1) is 18.3 Å². The highest BCUT2D eigenvalue weighted by Gasteiger charge is 2.39. The summed E-state index contributed by atoms with van der Waals surface area (Å²) in [6.07, 6.45) is 2.16. The van der Waals surface area contributed by atoms with Crippen LogP contribution in [0, 0.1) is 29.2 Å². The quantitative estimate of drug-likeness (QED) is 0.650. The number of urea groups is 1. The lowest BCUT2D eigenvalue weighted by atomic mass is 10.0. The van der Waals surface area contributed by atoms with E-state index in [1.807, 2.05) is 0 Å². The van der Waals surface area contributed by atoms with E-state index in [2.05, 4.69) is 10.6 Å². The second-order valence-electron chi connectivity index (χ2n) is 8.04. The van der Waals surface area contributed by atoms with Crippen molar-refractivity contribution in [3.05, 3.63) is 64.7 Å². The molecule has 2 aromatic carbocycles. The molecule has 1 aliphatic heterocycles. The number of hydrogen-bond donors (Lipinski definition) is 2. The Bertz CT molecular complexity index is 1040. The lowest BCUT2D eigenvalue weighted by Gasteiger charge is -2.36. The first-order chi connectivity index (χ1) is 14.7. The zero-order chi connectivity index (χ0) is 22.3. The second kappa shape index (κ2) is 8.20. The molecule has 3 amide bonds. The van der Waals surface area contributed by atoms with Crippen LogP contribution in [0.25, 0.3) is 0 Å². The summed E-state index contributed by atoms with van der Waals surface area (Å²) in [7, 11) is 0. The third-order valence-electron chi connectivity index (χ3n) is 5.75. The highest BCUT2D eigenvalue weighted by atomic mass is 19.2. The van der Waals surface area contributed by atoms with Gasteiger partial charge in [0.2, 0.25) is 5.91 Å². The molecular formula is C22H21F4N3O2. The van der Waals surface area contributed by atoms with Gasteiger partial charge in [-0.15, -0.1) is 0 Å². The molecule has 4 rings (SSSR count). The monoisotopic (exact) mass is 435 g/mol. The Morgan fingerprint density at radius 2 is 1.90 bits per heavy atom. The molecule has 0 aromatic heterocycles. The number of carbonyl (C=O) groups excluding carboxylic acids is 2. The number of nitrogens with one attached hydrogen (secondary N) is 2. The van der Waals surface area contributed by atoms with Gasteiger partial charge in [-0.05, 0) is 37.5 Å². The van der Waals surface area contributed by atoms with Gasteiger partial charge in [-0.3, -0.25) is 4.79 Å². The van der Waals surface area contributed by atoms with E-state index in [9.17, 15) is 27.2 Å². The van der Waals surface area contributed by atoms with Crippen LogP contribution in [-0.2, 0) is 11.3 Å². The molecule has 5 nitrogen and oxygen atoms in total. The average Bonchev–Trinajstić information content (AvgIpc) is 3.53. The molecule has 0 unspecified atom stereocenters. The summed E-state index contributed by atoms with van der Waals surface area (Å²) in [6, 6.07) is 2.93. The van der Waals surface area contributed by atoms with Crippen molar-refractivity contribution < 1.29 is 27.2 Å². The van der Waals surface area contributed by atoms with Crippen LogP contribution in [0.5, 0.6) is 0 Å². The molecule has 1 aliphatic carbocycles. The zero-order valence-corrected chi connectivity index (χ0v) is 16.7. The maximum absolute atomic E-state index is 14.3. The summed E-state index contributed by atoms with van der Waals surface area (Å²) in [5.74, 6) is -3.95. The zero-order valence-electron chi connectivity index (χ0n) is 16.7. The summed E-state index contributed by atoms with van der Waals surface area (Å²) < 4.78 is 55.3. The van der Waals surface area contributed by atoms with Gasteiger partial charge in [0.25, 0.3) is 0 Å². The minimum absolute atomic E-state index is 0.0363. The van der Waals surface area contributed by atoms with E-state index in [0.29, 0.717) is 6.42 Å². The van der Waals surface area contributed by atoms with Crippen LogP contribution in [0.3, 0.4) is 0 Å². The smallest absolute Gasteiger partial charge is 0.322 e. The van der Waals surface area contributed by atoms with Gasteiger partial charge in [-0.1, -0.05) is 18.9 Å². The van der Waals surface area contributed by atoms with Crippen LogP contribution >= 0.6 is 0 Å². The van der Waals surface area contributed by atoms with E-state index in [-0.39, 0.29) is 29.3 Å². The summed E-state index contributed by atoms with van der Waals surface area (Å²) in [6.45, 7) is 1.28. The lowest BCUT2D eigenvalue weighted by molar-refractivity contribution is -0.126. The molecule has 2 atom stereocenters. The Balaban J connectivity index is 1.57. The number of carbonyl (C=O) groups is 2. The van der Waals surface area contributed by atoms with Crippen LogP contribution in [0.2, 0.25) is 0 Å². The van der Waals surface area contributed by atoms with E-state index in [1.54, 1.807) is 6.92 Å². The van der Waals surface area contributed by atoms with E-state index >= 15 is 0 Å². The Kier molecular flexibility index (Phi) is 5.60. The Morgan fingerprint density at radius 3 is 2.58 bits per heavy atom. The van der Waals surface area contributed by atoms with Gasteiger partial charge in [-0.25, -0.2) is 22.4 Å². The van der Waals surface area contributed by atoms with Gasteiger partial charge in [-0.2, -0.15) is 0 Å². The minimum atomic E-state index is -1.07. The van der Waals surface area contributed by atoms with Crippen LogP contribution in [0.15, 0.2) is 30.3 Å². The van der Waals surface area contributed by atoms with Gasteiger partial charge in [0, 0.05) is 17.2 Å². The van der Waals surface area contributed by atoms with Crippen molar-refractivity contribution in [2.75, 3.05) is 5.32 Å². The van der Waals surface area contributed by atoms with Crippen LogP contribution < -0.4 is 10.6 Å². The number of anilines is 1. The first-order valence-electron chi connectivity index (χ1n) is 10.0. The number of nitrogens with zero attached hydrogens (tertiary/aromatic N) is 1. The molecular weight excluding hydrogens is 414 g/mol. The third kappa shape index (κ3) is 4.35. The number of amides is 3. The van der Waals surface area contributed by atoms with Crippen molar-refractivity contribution in [2.45, 2.75) is 44.8 Å². The number of fused-ring (bicyclic) bond motifs is 1. The van der Waals surface area contributed by atoms with Crippen molar-refractivity contribution in [1.29, 1.82) is 0 Å². The molecule has 1 saturated carbocycles. The molecule has 0 spiro atoms. The molecule has 0 saturated heterocycles. The molecule has 2 aliphatic rings. The maximum atomic E-state index is 14.3. The van der Waals surface area contributed by atoms with Crippen molar-refractivity contribution in [1.82, 2.24) is 10.2 Å². The third-order valence-corrected chi connectivity index (χ3v) is 5.75. The Labute approximate surface area is 176 Å². The molecule has 2 aromatic rings. The predicted octanol–water partition coefficient (Wildman–Crippen LogP) is 4.64. The number of benzene rings is 2. The van der Waals surface area contributed by atoms with Crippen LogP contribution in [0.4, 0.5) is 28.0 Å². The number of rotatable bonds is 6. The number of hydrogen-bond acceptors (Lipinski definition) is 2. The van der Waals surface area contributed by atoms with E-state index in [0.717, 1.165) is 31.0 Å². The first kappa shape index (κ1) is 21.1. The molecule has 9 heteroatoms. The Hall–Kier alpha value is -3.10. The molecule has 0 bridgehead atoms. The standard InChI is InChI=1S/C22H21F4N3O2/c1-11(14-5-4-13(23)9-17(14)25)27-21(30)19(8-12-2-3-12)29-10-15-18(28-22(29)31)7-6-16(24)20(15)26/h4-7,9,11-12,19H,2-3,8,10H2,1H3,(H,27,30)(H,28,31)/t11-,19-/m0/s1. The highest BCUT2D eigenvalue weighted by molar-refractivity contribution is 5.96. The Morgan fingerprint density at radius 1 is 1.16 bits per heavy atom. The topological polar surface area (TPSA) is 61.4 Å². The molecule has 164 valence electrons. The first-order valence-corrected chi connectivity index (χ1v) is 10.0. The molecule has 0 radical (unpaired) electrons. The summed E-state index contributed by atoms with van der Waals surface area (Å²) in [5.41, 5.74) is 0.222. The van der Waals surface area contributed by atoms with E-state index in [4.69, 9.17) is 0 Å². The second-order valence-corrected chi connectivity index (χ2v) is 8.04. The van der Waals surface area contributed by atoms with Gasteiger partial charge >= 0.3 is 6.03 Å². The van der Waals surface area contributed by atoms with Crippen LogP contribution in [0.1, 0.15) is 43.4 Å². The summed E-state index contributed by atoms with van der Waals surface area (Å²) >= 11 is 0. The van der Waals surface area contributed by atoms with Crippen molar-refractivity contribution in [3.63, 3.8) is 0 Å². The molecule has 31 heavy (non-hydrogen) atoms. The largest absolute Gasteiger partial charge is 0.348 e. The fourth-order valence-electron chi connectivity index (χ4n) is 3.83. The lowest BCUT2D eigenvalue weighted by Crippen LogP contribution is -2.53. The minimum Gasteiger partial charge on any atom is -0.348 e. The predicted molar refractivity (Wildman–Crippen MR) is 105 cm³/mol. The molecule has 1 heterocycles. The SMILES string of the molecule is C[C@H](NC(=O)[C@H](CC1CC1)N1Cc2c(ccc(F)c2F)NC1=O)c1ccc(F)cc1F. The summed E-state index contributed by atoms with van der Waals surface area (Å²) in [5, 5.41) is 5.17. The highest BCUT2D eigenvalue weighted by Crippen LogP contribution is 2.37. The van der Waals surface area contributed by atoms with E-state index < -0.39 is 47.3 Å². The maximum Gasteiger partial charge on any atom is 0.322 e. The van der Waals surface area contributed by atoms with E-state index in [1.165, 1.54) is 17.0 Å². The van der Waals surface area contributed by atoms with Crippen molar-refractivity contribution >= 4 is 17.6 Å². The van der Waals surface area contributed by atoms with Gasteiger partial charge in [0.15, 0.2) is 11.6 Å².